The Balaban J connectivity index is 2.32. The molecule has 0 radical (unpaired) electrons. The number of aromatic nitrogens is 3. The fraction of sp³-hybridized carbons (Fsp3) is 0.100. The number of rotatable bonds is 3. The van der Waals surface area contributed by atoms with E-state index in [9.17, 15) is 4.79 Å². The predicted octanol–water partition coefficient (Wildman–Crippen LogP) is 2.22. The molecule has 9 heteroatoms. The molecule has 100 valence electrons. The Kier molecular flexibility index (Phi) is 3.77. The molecule has 2 rings (SSSR count). The van der Waals surface area contributed by atoms with Crippen LogP contribution in [0.15, 0.2) is 12.1 Å². The number of hydrogen-bond acceptors (Lipinski definition) is 6. The number of carbonyl (C=O) groups excluding carboxylic acids is 1. The molecule has 0 atom stereocenters. The third-order valence-corrected chi connectivity index (χ3v) is 2.79. The van der Waals surface area contributed by atoms with Crippen LogP contribution in [-0.2, 0) is 4.74 Å². The number of nitrogens with one attached hydrogen (secondary N) is 2. The molecule has 0 saturated carbocycles. The lowest BCUT2D eigenvalue weighted by atomic mass is 10.2. The number of hydrogen-bond donors (Lipinski definition) is 3. The van der Waals surface area contributed by atoms with Crippen molar-refractivity contribution in [2.75, 3.05) is 18.2 Å². The summed E-state index contributed by atoms with van der Waals surface area (Å²) in [7, 11) is 1.25. The van der Waals surface area contributed by atoms with Gasteiger partial charge in [0.15, 0.2) is 0 Å². The van der Waals surface area contributed by atoms with Crippen LogP contribution in [0.1, 0.15) is 10.4 Å². The van der Waals surface area contributed by atoms with Crippen molar-refractivity contribution in [2.24, 2.45) is 0 Å². The SMILES string of the molecule is COC(=O)c1c(Cl)cc(Nc2n[nH]c(N)n2)cc1Cl. The zero-order chi connectivity index (χ0) is 14.0. The van der Waals surface area contributed by atoms with E-state index in [1.165, 1.54) is 19.2 Å². The number of methoxy groups -OCH3 is 1. The van der Waals surface area contributed by atoms with Crippen molar-refractivity contribution in [3.63, 3.8) is 0 Å². The molecular weight excluding hydrogens is 293 g/mol. The van der Waals surface area contributed by atoms with Crippen molar-refractivity contribution in [1.29, 1.82) is 0 Å². The minimum Gasteiger partial charge on any atom is -0.465 e. The number of nitrogen functional groups attached to an aromatic ring is 1. The first-order chi connectivity index (χ1) is 9.01. The first kappa shape index (κ1) is 13.4. The zero-order valence-corrected chi connectivity index (χ0v) is 11.2. The van der Waals surface area contributed by atoms with Crippen LogP contribution in [0.4, 0.5) is 17.6 Å². The smallest absolute Gasteiger partial charge is 0.340 e. The third kappa shape index (κ3) is 2.88. The first-order valence-corrected chi connectivity index (χ1v) is 5.79. The molecule has 0 aliphatic rings. The van der Waals surface area contributed by atoms with Crippen molar-refractivity contribution in [2.45, 2.75) is 0 Å². The highest BCUT2D eigenvalue weighted by molar-refractivity contribution is 6.39. The van der Waals surface area contributed by atoms with Crippen LogP contribution in [-0.4, -0.2) is 28.3 Å². The van der Waals surface area contributed by atoms with Gasteiger partial charge >= 0.3 is 5.97 Å². The summed E-state index contributed by atoms with van der Waals surface area (Å²) in [4.78, 5) is 15.3. The Morgan fingerprint density at radius 2 is 2.05 bits per heavy atom. The minimum atomic E-state index is -0.608. The number of H-pyrrole nitrogens is 1. The number of benzene rings is 1. The fourth-order valence-corrected chi connectivity index (χ4v) is 2.04. The summed E-state index contributed by atoms with van der Waals surface area (Å²) in [5.74, 6) is -0.176. The molecule has 19 heavy (non-hydrogen) atoms. The van der Waals surface area contributed by atoms with Crippen LogP contribution >= 0.6 is 23.2 Å². The molecule has 2 aromatic rings. The third-order valence-electron chi connectivity index (χ3n) is 2.19. The summed E-state index contributed by atoms with van der Waals surface area (Å²) in [6.45, 7) is 0. The van der Waals surface area contributed by atoms with Crippen LogP contribution < -0.4 is 11.1 Å². The van der Waals surface area contributed by atoms with Gasteiger partial charge in [0, 0.05) is 5.69 Å². The molecule has 0 spiro atoms. The summed E-state index contributed by atoms with van der Waals surface area (Å²) >= 11 is 12.0. The molecule has 0 aliphatic carbocycles. The number of ether oxygens (including phenoxy) is 1. The van der Waals surface area contributed by atoms with Crippen LogP contribution in [0.3, 0.4) is 0 Å². The van der Waals surface area contributed by atoms with Crippen molar-refractivity contribution in [3.8, 4) is 0 Å². The molecule has 7 nitrogen and oxygen atoms in total. The van der Waals surface area contributed by atoms with Crippen molar-refractivity contribution >= 4 is 46.8 Å². The number of halogens is 2. The van der Waals surface area contributed by atoms with E-state index in [0.29, 0.717) is 5.69 Å². The van der Waals surface area contributed by atoms with Crippen molar-refractivity contribution < 1.29 is 9.53 Å². The van der Waals surface area contributed by atoms with Gasteiger partial charge in [0.1, 0.15) is 0 Å². The van der Waals surface area contributed by atoms with Gasteiger partial charge in [-0.25, -0.2) is 9.89 Å². The molecular formula is C10H9Cl2N5O2. The molecule has 4 N–H and O–H groups in total. The summed E-state index contributed by atoms with van der Waals surface area (Å²) in [5, 5.41) is 9.42. The van der Waals surface area contributed by atoms with Crippen LogP contribution in [0.5, 0.6) is 0 Å². The van der Waals surface area contributed by atoms with Crippen molar-refractivity contribution in [3.05, 3.63) is 27.7 Å². The highest BCUT2D eigenvalue weighted by Crippen LogP contribution is 2.30. The van der Waals surface area contributed by atoms with Gasteiger partial charge in [-0.15, -0.1) is 5.10 Å². The van der Waals surface area contributed by atoms with E-state index in [0.717, 1.165) is 0 Å². The first-order valence-electron chi connectivity index (χ1n) is 5.03. The summed E-state index contributed by atoms with van der Waals surface area (Å²) in [6, 6.07) is 3.01. The molecule has 0 bridgehead atoms. The summed E-state index contributed by atoms with van der Waals surface area (Å²) in [5.41, 5.74) is 6.01. The van der Waals surface area contributed by atoms with E-state index in [-0.39, 0.29) is 27.5 Å². The zero-order valence-electron chi connectivity index (χ0n) is 9.70. The largest absolute Gasteiger partial charge is 0.465 e. The van der Waals surface area contributed by atoms with E-state index in [1.54, 1.807) is 0 Å². The Labute approximate surface area is 118 Å². The second-order valence-corrected chi connectivity index (χ2v) is 4.29. The van der Waals surface area contributed by atoms with E-state index in [4.69, 9.17) is 28.9 Å². The van der Waals surface area contributed by atoms with Crippen LogP contribution in [0, 0.1) is 0 Å². The summed E-state index contributed by atoms with van der Waals surface area (Å²) in [6.07, 6.45) is 0. The van der Waals surface area contributed by atoms with Gasteiger partial charge in [-0.05, 0) is 12.1 Å². The summed E-state index contributed by atoms with van der Waals surface area (Å²) < 4.78 is 4.58. The average molecular weight is 302 g/mol. The molecule has 0 saturated heterocycles. The standard InChI is InChI=1S/C10H9Cl2N5O2/c1-19-8(18)7-5(11)2-4(3-6(7)12)14-10-15-9(13)16-17-10/h2-3H,1H3,(H4,13,14,15,16,17). The highest BCUT2D eigenvalue weighted by atomic mass is 35.5. The predicted molar refractivity (Wildman–Crippen MR) is 71.9 cm³/mol. The number of aromatic amines is 1. The minimum absolute atomic E-state index is 0.103. The van der Waals surface area contributed by atoms with E-state index >= 15 is 0 Å². The van der Waals surface area contributed by atoms with Crippen LogP contribution in [0.25, 0.3) is 0 Å². The molecule has 0 fully saturated rings. The lowest BCUT2D eigenvalue weighted by Gasteiger charge is -2.08. The van der Waals surface area contributed by atoms with Gasteiger partial charge in [0.2, 0.25) is 11.9 Å². The number of anilines is 3. The van der Waals surface area contributed by atoms with E-state index in [1.807, 2.05) is 0 Å². The molecule has 1 aromatic heterocycles. The van der Waals surface area contributed by atoms with Gasteiger partial charge in [0.25, 0.3) is 0 Å². The molecule has 1 aromatic carbocycles. The Bertz CT molecular complexity index is 605. The fourth-order valence-electron chi connectivity index (χ4n) is 1.40. The lowest BCUT2D eigenvalue weighted by Crippen LogP contribution is -2.04. The second kappa shape index (κ2) is 5.33. The topological polar surface area (TPSA) is 106 Å². The van der Waals surface area contributed by atoms with Gasteiger partial charge in [-0.1, -0.05) is 23.2 Å². The maximum Gasteiger partial charge on any atom is 0.340 e. The van der Waals surface area contributed by atoms with Crippen LogP contribution in [0.2, 0.25) is 10.0 Å². The van der Waals surface area contributed by atoms with E-state index in [2.05, 4.69) is 25.2 Å². The Morgan fingerprint density at radius 1 is 1.42 bits per heavy atom. The quantitative estimate of drug-likeness (QED) is 0.751. The monoisotopic (exact) mass is 301 g/mol. The Hall–Kier alpha value is -1.99. The van der Waals surface area contributed by atoms with Crippen molar-refractivity contribution in [1.82, 2.24) is 15.2 Å². The van der Waals surface area contributed by atoms with E-state index < -0.39 is 5.97 Å². The van der Waals surface area contributed by atoms with Gasteiger partial charge in [0.05, 0.1) is 22.7 Å². The van der Waals surface area contributed by atoms with Gasteiger partial charge in [-0.3, -0.25) is 0 Å². The molecule has 0 aliphatic heterocycles. The molecule has 1 heterocycles. The maximum atomic E-state index is 11.5. The average Bonchev–Trinajstić information content (AvgIpc) is 2.73. The highest BCUT2D eigenvalue weighted by Gasteiger charge is 2.17. The molecule has 0 unspecified atom stereocenters. The lowest BCUT2D eigenvalue weighted by molar-refractivity contribution is 0.0601. The normalized spacial score (nSPS) is 10.3. The van der Waals surface area contributed by atoms with Gasteiger partial charge in [-0.2, -0.15) is 4.98 Å². The number of esters is 1. The Morgan fingerprint density at radius 3 is 2.53 bits per heavy atom. The maximum absolute atomic E-state index is 11.5. The second-order valence-electron chi connectivity index (χ2n) is 3.48. The number of nitrogens with two attached hydrogens (primary N) is 1. The molecule has 0 amide bonds. The van der Waals surface area contributed by atoms with Gasteiger partial charge < -0.3 is 15.8 Å². The number of carbonyl (C=O) groups is 1. The number of nitrogens with zero attached hydrogens (tertiary/aromatic N) is 2.